The number of imidazole rings is 1. The molecule has 0 aliphatic heterocycles. The number of halogens is 2. The van der Waals surface area contributed by atoms with Crippen LogP contribution in [0.4, 0.5) is 14.5 Å². The average molecular weight is 466 g/mol. The molecule has 176 valence electrons. The molecule has 2 aromatic heterocycles. The third-order valence-electron chi connectivity index (χ3n) is 5.26. The zero-order valence-electron chi connectivity index (χ0n) is 19.0. The minimum Gasteiger partial charge on any atom is -0.493 e. The van der Waals surface area contributed by atoms with Crippen molar-refractivity contribution in [3.8, 4) is 28.4 Å². The number of hydrogen-bond donors (Lipinski definition) is 1. The van der Waals surface area contributed by atoms with E-state index in [4.69, 9.17) is 9.47 Å². The molecule has 2 heterocycles. The molecule has 34 heavy (non-hydrogen) atoms. The quantitative estimate of drug-likeness (QED) is 0.401. The second kappa shape index (κ2) is 9.78. The molecule has 0 amide bonds. The van der Waals surface area contributed by atoms with E-state index in [0.29, 0.717) is 35.8 Å². The summed E-state index contributed by atoms with van der Waals surface area (Å²) in [7, 11) is 3.54. The molecule has 0 bridgehead atoms. The van der Waals surface area contributed by atoms with Crippen molar-refractivity contribution in [3.63, 3.8) is 0 Å². The second-order valence-corrected chi connectivity index (χ2v) is 7.67. The van der Waals surface area contributed by atoms with Crippen LogP contribution in [-0.2, 0) is 20.6 Å². The summed E-state index contributed by atoms with van der Waals surface area (Å²) < 4.78 is 42.6. The first-order valence-corrected chi connectivity index (χ1v) is 10.7. The van der Waals surface area contributed by atoms with Crippen LogP contribution < -0.4 is 20.3 Å². The highest BCUT2D eigenvalue weighted by Crippen LogP contribution is 2.40. The first kappa shape index (κ1) is 23.0. The molecule has 0 aliphatic carbocycles. The van der Waals surface area contributed by atoms with E-state index in [2.05, 4.69) is 10.3 Å². The Morgan fingerprint density at radius 2 is 1.76 bits per heavy atom. The summed E-state index contributed by atoms with van der Waals surface area (Å²) in [5.74, 6) is -0.956. The Morgan fingerprint density at radius 3 is 2.47 bits per heavy atom. The third kappa shape index (κ3) is 4.93. The van der Waals surface area contributed by atoms with Gasteiger partial charge in [-0.2, -0.15) is 0 Å². The molecule has 2 aromatic carbocycles. The van der Waals surface area contributed by atoms with Crippen LogP contribution in [0.5, 0.6) is 17.2 Å². The molecule has 0 atom stereocenters. The second-order valence-electron chi connectivity index (χ2n) is 7.67. The topological polar surface area (TPSA) is 70.3 Å². The number of anilines is 1. The van der Waals surface area contributed by atoms with Crippen LogP contribution in [0.2, 0.25) is 0 Å². The van der Waals surface area contributed by atoms with Crippen molar-refractivity contribution in [1.29, 1.82) is 0 Å². The van der Waals surface area contributed by atoms with Crippen molar-refractivity contribution in [1.82, 2.24) is 14.1 Å². The molecule has 0 saturated heterocycles. The van der Waals surface area contributed by atoms with E-state index in [1.54, 1.807) is 37.9 Å². The number of nitrogens with zero attached hydrogens (tertiary/aromatic N) is 3. The fraction of sp³-hybridized carbons (Fsp3) is 0.200. The maximum absolute atomic E-state index is 14.3. The molecule has 0 saturated carbocycles. The fourth-order valence-electron chi connectivity index (χ4n) is 3.45. The number of pyridine rings is 1. The van der Waals surface area contributed by atoms with Crippen molar-refractivity contribution < 1.29 is 18.3 Å². The molecule has 9 heteroatoms. The summed E-state index contributed by atoms with van der Waals surface area (Å²) in [5, 5.41) is 3.34. The van der Waals surface area contributed by atoms with Gasteiger partial charge < -0.3 is 23.9 Å². The van der Waals surface area contributed by atoms with Gasteiger partial charge in [0, 0.05) is 55.4 Å². The highest BCUT2D eigenvalue weighted by molar-refractivity contribution is 5.78. The van der Waals surface area contributed by atoms with Crippen LogP contribution in [0.3, 0.4) is 0 Å². The van der Waals surface area contributed by atoms with Gasteiger partial charge >= 0.3 is 0 Å². The predicted octanol–water partition coefficient (Wildman–Crippen LogP) is 4.87. The van der Waals surface area contributed by atoms with Crippen LogP contribution in [-0.4, -0.2) is 20.7 Å². The molecule has 0 aliphatic rings. The number of nitrogens with one attached hydrogen (secondary N) is 1. The molecule has 0 fully saturated rings. The number of ether oxygens (including phenoxy) is 2. The van der Waals surface area contributed by atoms with Crippen molar-refractivity contribution in [2.24, 2.45) is 14.1 Å². The summed E-state index contributed by atoms with van der Waals surface area (Å²) in [6, 6.07) is 9.82. The van der Waals surface area contributed by atoms with Crippen LogP contribution in [0.25, 0.3) is 11.1 Å². The van der Waals surface area contributed by atoms with E-state index < -0.39 is 11.6 Å². The minimum atomic E-state index is -0.824. The Balaban J connectivity index is 1.79. The highest BCUT2D eigenvalue weighted by Gasteiger charge is 2.17. The summed E-state index contributed by atoms with van der Waals surface area (Å²) >= 11 is 0. The van der Waals surface area contributed by atoms with Crippen LogP contribution in [0.1, 0.15) is 12.6 Å². The average Bonchev–Trinajstić information content (AvgIpc) is 3.22. The van der Waals surface area contributed by atoms with Gasteiger partial charge in [-0.05, 0) is 37.3 Å². The maximum Gasteiger partial charge on any atom is 0.254 e. The molecule has 4 rings (SSSR count). The smallest absolute Gasteiger partial charge is 0.254 e. The van der Waals surface area contributed by atoms with Crippen molar-refractivity contribution >= 4 is 5.69 Å². The molecular formula is C25H24F2N4O3. The van der Waals surface area contributed by atoms with E-state index >= 15 is 0 Å². The maximum atomic E-state index is 14.3. The summed E-state index contributed by atoms with van der Waals surface area (Å²) in [6.45, 7) is 2.69. The first-order valence-electron chi connectivity index (χ1n) is 10.7. The van der Waals surface area contributed by atoms with E-state index in [1.807, 2.05) is 24.6 Å². The van der Waals surface area contributed by atoms with Crippen LogP contribution >= 0.6 is 0 Å². The Morgan fingerprint density at radius 1 is 0.971 bits per heavy atom. The lowest BCUT2D eigenvalue weighted by Crippen LogP contribution is -2.16. The Labute approximate surface area is 195 Å². The van der Waals surface area contributed by atoms with Crippen molar-refractivity contribution in [3.05, 3.63) is 88.9 Å². The molecular weight excluding hydrogens is 442 g/mol. The standard InChI is InChI=1S/C25H24F2N4O3/c1-4-33-24-11-25(32)30(2)14-20(24)19-10-17(29-13-18-12-28-15-31(18)3)6-8-22(19)34-23-7-5-16(26)9-21(23)27/h5-12,14-15,29H,4,13H2,1-3H3. The van der Waals surface area contributed by atoms with E-state index in [9.17, 15) is 13.6 Å². The lowest BCUT2D eigenvalue weighted by Gasteiger charge is -2.17. The Kier molecular flexibility index (Phi) is 6.62. The number of rotatable bonds is 8. The van der Waals surface area contributed by atoms with Crippen molar-refractivity contribution in [2.75, 3.05) is 11.9 Å². The Hall–Kier alpha value is -4.14. The van der Waals surface area contributed by atoms with Crippen molar-refractivity contribution in [2.45, 2.75) is 13.5 Å². The normalized spacial score (nSPS) is 10.9. The number of benzene rings is 2. The van der Waals surface area contributed by atoms with Gasteiger partial charge in [0.15, 0.2) is 11.6 Å². The highest BCUT2D eigenvalue weighted by atomic mass is 19.1. The summed E-state index contributed by atoms with van der Waals surface area (Å²) in [4.78, 5) is 16.3. The number of aryl methyl sites for hydroxylation is 2. The van der Waals surface area contributed by atoms with E-state index in [0.717, 1.165) is 23.5 Å². The number of aromatic nitrogens is 3. The van der Waals surface area contributed by atoms with Crippen LogP contribution in [0.15, 0.2) is 66.0 Å². The molecule has 0 unspecified atom stereocenters. The Bertz CT molecular complexity index is 1380. The molecule has 4 aromatic rings. The minimum absolute atomic E-state index is 0.124. The molecule has 1 N–H and O–H groups in total. The van der Waals surface area contributed by atoms with Gasteiger partial charge in [0.2, 0.25) is 0 Å². The summed E-state index contributed by atoms with van der Waals surface area (Å²) in [5.41, 5.74) is 2.67. The fourth-order valence-corrected chi connectivity index (χ4v) is 3.45. The molecule has 0 spiro atoms. The summed E-state index contributed by atoms with van der Waals surface area (Å²) in [6.07, 6.45) is 5.12. The monoisotopic (exact) mass is 466 g/mol. The lowest BCUT2D eigenvalue weighted by molar-refractivity contribution is 0.340. The van der Waals surface area contributed by atoms with E-state index in [-0.39, 0.29) is 11.3 Å². The van der Waals surface area contributed by atoms with Gasteiger partial charge in [-0.25, -0.2) is 13.8 Å². The zero-order valence-corrected chi connectivity index (χ0v) is 19.0. The van der Waals surface area contributed by atoms with Gasteiger partial charge in [-0.3, -0.25) is 4.79 Å². The SMILES string of the molecule is CCOc1cc(=O)n(C)cc1-c1cc(NCc2cncn2C)ccc1Oc1ccc(F)cc1F. The van der Waals surface area contributed by atoms with Gasteiger partial charge in [0.25, 0.3) is 5.56 Å². The zero-order chi connectivity index (χ0) is 24.2. The van der Waals surface area contributed by atoms with Crippen LogP contribution in [0, 0.1) is 11.6 Å². The lowest BCUT2D eigenvalue weighted by atomic mass is 10.0. The third-order valence-corrected chi connectivity index (χ3v) is 5.26. The van der Waals surface area contributed by atoms with Gasteiger partial charge in [0.1, 0.15) is 17.3 Å². The van der Waals surface area contributed by atoms with Gasteiger partial charge in [-0.1, -0.05) is 0 Å². The number of hydrogen-bond acceptors (Lipinski definition) is 5. The molecule has 7 nitrogen and oxygen atoms in total. The van der Waals surface area contributed by atoms with Gasteiger partial charge in [0.05, 0.1) is 25.2 Å². The first-order chi connectivity index (χ1) is 16.4. The predicted molar refractivity (Wildman–Crippen MR) is 125 cm³/mol. The largest absolute Gasteiger partial charge is 0.493 e. The molecule has 0 radical (unpaired) electrons. The van der Waals surface area contributed by atoms with E-state index in [1.165, 1.54) is 16.7 Å². The van der Waals surface area contributed by atoms with Gasteiger partial charge in [-0.15, -0.1) is 0 Å².